The van der Waals surface area contributed by atoms with Crippen molar-refractivity contribution in [2.24, 2.45) is 10.9 Å². The van der Waals surface area contributed by atoms with Crippen LogP contribution in [0.5, 0.6) is 5.75 Å². The molecule has 1 atom stereocenters. The molecule has 0 radical (unpaired) electrons. The number of carbonyl (C=O) groups is 1. The molecule has 2 aromatic rings. The van der Waals surface area contributed by atoms with Gasteiger partial charge in [0.25, 0.3) is 0 Å². The second kappa shape index (κ2) is 10.9. The third-order valence-electron chi connectivity index (χ3n) is 4.89. The maximum absolute atomic E-state index is 12.9. The Bertz CT molecular complexity index is 1050. The number of ether oxygens (including phenoxy) is 1. The van der Waals surface area contributed by atoms with Gasteiger partial charge in [0.2, 0.25) is 0 Å². The lowest BCUT2D eigenvalue weighted by Crippen LogP contribution is -2.58. The molecule has 2 aliphatic heterocycles. The maximum atomic E-state index is 12.9. The van der Waals surface area contributed by atoms with E-state index in [9.17, 15) is 4.79 Å². The summed E-state index contributed by atoms with van der Waals surface area (Å²) in [6, 6.07) is 14.9. The van der Waals surface area contributed by atoms with Gasteiger partial charge < -0.3 is 9.64 Å². The van der Waals surface area contributed by atoms with Crippen molar-refractivity contribution < 1.29 is 38.4 Å². The topological polar surface area (TPSA) is 131 Å². The minimum absolute atomic E-state index is 0.117. The van der Waals surface area contributed by atoms with Crippen molar-refractivity contribution in [3.05, 3.63) is 88.6 Å². The monoisotopic (exact) mass is 492 g/mol. The number of aliphatic imine (C=N–C) groups is 1. The summed E-state index contributed by atoms with van der Waals surface area (Å²) in [5, 5.41) is 0.706. The molecule has 0 saturated heterocycles. The van der Waals surface area contributed by atoms with Gasteiger partial charge in [0.05, 0.1) is 27.4 Å². The Labute approximate surface area is 198 Å². The Morgan fingerprint density at radius 2 is 1.82 bits per heavy atom. The van der Waals surface area contributed by atoms with Crippen LogP contribution in [0.15, 0.2) is 77.4 Å². The molecule has 0 aromatic heterocycles. The van der Waals surface area contributed by atoms with Gasteiger partial charge in [-0.05, 0) is 66.6 Å². The Kier molecular flexibility index (Phi) is 8.25. The SMILES string of the molecule is CC1=CC2=NCC(C(=O)c3ccc(OCc4ccc(Cl)cc4)cc3)CN2C=C1.[O-][Cl+3]([O-])([O-])O. The number of allylic oxidation sites excluding steroid dienone is 2. The van der Waals surface area contributed by atoms with E-state index in [-0.39, 0.29) is 11.7 Å². The van der Waals surface area contributed by atoms with E-state index in [0.717, 1.165) is 17.1 Å². The van der Waals surface area contributed by atoms with Gasteiger partial charge in [-0.15, -0.1) is 0 Å². The first-order chi connectivity index (χ1) is 15.6. The summed E-state index contributed by atoms with van der Waals surface area (Å²) in [5.74, 6) is 1.65. The van der Waals surface area contributed by atoms with Crippen molar-refractivity contribution in [3.63, 3.8) is 0 Å². The summed E-state index contributed by atoms with van der Waals surface area (Å²) >= 11 is 5.89. The minimum Gasteiger partial charge on any atom is -0.489 e. The number of rotatable bonds is 5. The second-order valence-electron chi connectivity index (χ2n) is 7.45. The van der Waals surface area contributed by atoms with Crippen molar-refractivity contribution in [2.75, 3.05) is 13.1 Å². The third kappa shape index (κ3) is 7.97. The van der Waals surface area contributed by atoms with Crippen LogP contribution >= 0.6 is 11.6 Å². The summed E-state index contributed by atoms with van der Waals surface area (Å²) in [7, 11) is -4.69. The summed E-state index contributed by atoms with van der Waals surface area (Å²) < 4.78 is 38.5. The van der Waals surface area contributed by atoms with Gasteiger partial charge in [0.1, 0.15) is 18.2 Å². The molecule has 2 aromatic carbocycles. The van der Waals surface area contributed by atoms with Gasteiger partial charge in [0, 0.05) is 23.3 Å². The molecular formula is C23H22Cl2N2O6. The molecule has 0 spiro atoms. The maximum Gasteiger partial charge on any atom is 0.169 e. The van der Waals surface area contributed by atoms with Gasteiger partial charge >= 0.3 is 0 Å². The molecule has 10 heteroatoms. The fourth-order valence-corrected chi connectivity index (χ4v) is 3.40. The summed E-state index contributed by atoms with van der Waals surface area (Å²) in [6.45, 7) is 3.69. The van der Waals surface area contributed by atoms with Crippen LogP contribution in [0.2, 0.25) is 5.02 Å². The molecule has 174 valence electrons. The molecule has 2 heterocycles. The number of hydrogen-bond donors (Lipinski definition) is 1. The molecule has 0 bridgehead atoms. The van der Waals surface area contributed by atoms with E-state index >= 15 is 0 Å². The van der Waals surface area contributed by atoms with Gasteiger partial charge in [-0.2, -0.15) is 14.0 Å². The summed E-state index contributed by atoms with van der Waals surface area (Å²) in [4.78, 5) is 19.5. The molecule has 4 rings (SSSR count). The number of nitrogens with zero attached hydrogens (tertiary/aromatic N) is 2. The fourth-order valence-electron chi connectivity index (χ4n) is 3.27. The van der Waals surface area contributed by atoms with E-state index in [4.69, 9.17) is 35.0 Å². The quantitative estimate of drug-likeness (QED) is 0.609. The highest BCUT2D eigenvalue weighted by molar-refractivity contribution is 6.30. The number of amidine groups is 1. The van der Waals surface area contributed by atoms with Crippen molar-refractivity contribution in [1.82, 2.24) is 4.90 Å². The van der Waals surface area contributed by atoms with Crippen LogP contribution < -0.4 is 18.7 Å². The zero-order chi connectivity index (χ0) is 24.0. The van der Waals surface area contributed by atoms with E-state index in [0.29, 0.717) is 30.3 Å². The van der Waals surface area contributed by atoms with Crippen LogP contribution in [0.25, 0.3) is 0 Å². The molecule has 0 fully saturated rings. The number of fused-ring (bicyclic) bond motifs is 1. The number of halogens is 2. The van der Waals surface area contributed by atoms with E-state index in [1.54, 1.807) is 0 Å². The van der Waals surface area contributed by atoms with Gasteiger partial charge in [-0.25, -0.2) is 0 Å². The van der Waals surface area contributed by atoms with Crippen molar-refractivity contribution in [3.8, 4) is 5.75 Å². The van der Waals surface area contributed by atoms with Crippen LogP contribution in [0.4, 0.5) is 0 Å². The average Bonchev–Trinajstić information content (AvgIpc) is 2.77. The van der Waals surface area contributed by atoms with E-state index < -0.39 is 10.2 Å². The highest BCUT2D eigenvalue weighted by Crippen LogP contribution is 2.22. The second-order valence-corrected chi connectivity index (χ2v) is 8.68. The highest BCUT2D eigenvalue weighted by atomic mass is 35.7. The Morgan fingerprint density at radius 3 is 2.45 bits per heavy atom. The van der Waals surface area contributed by atoms with Crippen LogP contribution in [-0.2, 0) is 6.61 Å². The smallest absolute Gasteiger partial charge is 0.169 e. The molecule has 1 N–H and O–H groups in total. The van der Waals surface area contributed by atoms with Gasteiger partial charge in [-0.1, -0.05) is 23.7 Å². The van der Waals surface area contributed by atoms with Crippen molar-refractivity contribution in [2.45, 2.75) is 13.5 Å². The van der Waals surface area contributed by atoms with Crippen LogP contribution in [0.3, 0.4) is 0 Å². The molecular weight excluding hydrogens is 471 g/mol. The van der Waals surface area contributed by atoms with E-state index in [1.807, 2.05) is 78.7 Å². The molecule has 33 heavy (non-hydrogen) atoms. The van der Waals surface area contributed by atoms with Crippen molar-refractivity contribution >= 4 is 23.2 Å². The molecule has 0 aliphatic carbocycles. The van der Waals surface area contributed by atoms with Crippen LogP contribution in [0.1, 0.15) is 22.8 Å². The largest absolute Gasteiger partial charge is 0.489 e. The Hall–Kier alpha value is -2.72. The van der Waals surface area contributed by atoms with Crippen molar-refractivity contribution in [1.29, 1.82) is 0 Å². The first-order valence-electron chi connectivity index (χ1n) is 9.91. The molecule has 2 aliphatic rings. The number of hydrogen-bond acceptors (Lipinski definition) is 8. The number of Topliss-reactive ketones (excluding diaryl/α,β-unsaturated/α-hetero) is 1. The number of benzene rings is 2. The van der Waals surface area contributed by atoms with E-state index in [2.05, 4.69) is 4.99 Å². The zero-order valence-corrected chi connectivity index (χ0v) is 19.2. The standard InChI is InChI=1S/C23H21ClN2O2.ClHO4/c1-16-10-11-26-14-19(13-25-22(26)12-16)23(27)18-4-8-21(9-5-18)28-15-17-2-6-20(24)7-3-17;2-1(3,4)5/h2-12,19H,13-15H2,1H3;(H,2,3,4,5). The lowest BCUT2D eigenvalue weighted by Gasteiger charge is -2.31. The summed E-state index contributed by atoms with van der Waals surface area (Å²) in [6.07, 6.45) is 6.09. The predicted octanol–water partition coefficient (Wildman–Crippen LogP) is 0.782. The van der Waals surface area contributed by atoms with Crippen LogP contribution in [0, 0.1) is 16.2 Å². The van der Waals surface area contributed by atoms with E-state index in [1.165, 1.54) is 5.57 Å². The molecule has 1 unspecified atom stereocenters. The highest BCUT2D eigenvalue weighted by Gasteiger charge is 2.27. The first kappa shape index (κ1) is 24.9. The number of ketones is 1. The van der Waals surface area contributed by atoms with Gasteiger partial charge in [0.15, 0.2) is 5.78 Å². The Morgan fingerprint density at radius 1 is 1.18 bits per heavy atom. The first-order valence-corrected chi connectivity index (χ1v) is 11.5. The third-order valence-corrected chi connectivity index (χ3v) is 5.14. The minimum atomic E-state index is -4.69. The zero-order valence-electron chi connectivity index (χ0n) is 17.7. The summed E-state index contributed by atoms with van der Waals surface area (Å²) in [5.41, 5.74) is 2.91. The van der Waals surface area contributed by atoms with Gasteiger partial charge in [-0.3, -0.25) is 9.79 Å². The lowest BCUT2D eigenvalue weighted by atomic mass is 9.95. The lowest BCUT2D eigenvalue weighted by molar-refractivity contribution is -1.92. The number of carbonyl (C=O) groups excluding carboxylic acids is 1. The average molecular weight is 493 g/mol. The molecule has 0 saturated carbocycles. The predicted molar refractivity (Wildman–Crippen MR) is 114 cm³/mol. The van der Waals surface area contributed by atoms with Crippen LogP contribution in [-0.4, -0.2) is 34.3 Å². The fraction of sp³-hybridized carbons (Fsp3) is 0.217. The normalized spacial score (nSPS) is 17.3. The molecule has 0 amide bonds. The Balaban J connectivity index is 0.000000555. The molecule has 8 nitrogen and oxygen atoms in total.